The van der Waals surface area contributed by atoms with E-state index in [0.29, 0.717) is 18.1 Å². The number of hydrogen-bond acceptors (Lipinski definition) is 3. The molecular formula is C54H39N3O2. The number of para-hydroxylation sites is 2. The van der Waals surface area contributed by atoms with E-state index in [-0.39, 0.29) is 0 Å². The molecule has 0 amide bonds. The molecule has 11 rings (SSSR count). The van der Waals surface area contributed by atoms with Crippen LogP contribution in [0, 0.1) is 0 Å². The van der Waals surface area contributed by atoms with E-state index in [1.54, 1.807) is 0 Å². The first-order valence-electron chi connectivity index (χ1n) is 20.2. The molecule has 5 nitrogen and oxygen atoms in total. The van der Waals surface area contributed by atoms with Crippen molar-refractivity contribution in [3.63, 3.8) is 0 Å². The lowest BCUT2D eigenvalue weighted by Gasteiger charge is -2.32. The summed E-state index contributed by atoms with van der Waals surface area (Å²) in [6, 6.07) is 55.0. The number of allylic oxidation sites excluding steroid dienone is 6. The van der Waals surface area contributed by atoms with Crippen LogP contribution >= 0.6 is 0 Å². The summed E-state index contributed by atoms with van der Waals surface area (Å²) in [5.41, 5.74) is 22.0. The molecule has 2 heterocycles. The molecule has 9 aromatic rings. The van der Waals surface area contributed by atoms with Gasteiger partial charge in [0.2, 0.25) is 0 Å². The number of hydrogen-bond donors (Lipinski definition) is 1. The molecule has 0 fully saturated rings. The largest absolute Gasteiger partial charge is 0.456 e. The van der Waals surface area contributed by atoms with Crippen LogP contribution in [0.2, 0.25) is 0 Å². The Morgan fingerprint density at radius 1 is 0.559 bits per heavy atom. The molecule has 0 unspecified atom stereocenters. The van der Waals surface area contributed by atoms with Gasteiger partial charge in [0.25, 0.3) is 0 Å². The Hall–Kier alpha value is -7.50. The molecule has 2 aromatic heterocycles. The highest BCUT2D eigenvalue weighted by Crippen LogP contribution is 2.64. The maximum atomic E-state index is 7.08. The number of nitrogens with zero attached hydrogens (tertiary/aromatic N) is 2. The summed E-state index contributed by atoms with van der Waals surface area (Å²) >= 11 is 0. The average molecular weight is 762 g/mol. The van der Waals surface area contributed by atoms with E-state index in [2.05, 4.69) is 129 Å². The van der Waals surface area contributed by atoms with Gasteiger partial charge in [0, 0.05) is 43.9 Å². The number of nitrogens with two attached hydrogens (primary N) is 1. The quantitative estimate of drug-likeness (QED) is 0.140. The zero-order valence-electron chi connectivity index (χ0n) is 32.7. The minimum Gasteiger partial charge on any atom is -0.456 e. The van der Waals surface area contributed by atoms with Gasteiger partial charge in [-0.2, -0.15) is 0 Å². The number of furan rings is 2. The smallest absolute Gasteiger partial charge is 0.161 e. The van der Waals surface area contributed by atoms with E-state index < -0.39 is 5.41 Å². The molecule has 2 N–H and O–H groups in total. The van der Waals surface area contributed by atoms with E-state index in [0.717, 1.165) is 71.8 Å². The fourth-order valence-electron chi connectivity index (χ4n) is 9.57. The molecule has 0 bridgehead atoms. The van der Waals surface area contributed by atoms with Crippen molar-refractivity contribution >= 4 is 61.1 Å². The molecule has 0 atom stereocenters. The fraction of sp³-hybridized carbons (Fsp3) is 0.0741. The molecule has 0 aliphatic heterocycles. The van der Waals surface area contributed by atoms with Crippen molar-refractivity contribution in [3.05, 3.63) is 221 Å². The topological polar surface area (TPSA) is 77.0 Å². The molecule has 5 heteroatoms. The Balaban J connectivity index is 1.22. The van der Waals surface area contributed by atoms with Crippen molar-refractivity contribution in [1.82, 2.24) is 0 Å². The Labute approximate surface area is 341 Å². The van der Waals surface area contributed by atoms with Gasteiger partial charge in [0.1, 0.15) is 28.2 Å². The highest BCUT2D eigenvalue weighted by atomic mass is 16.3. The van der Waals surface area contributed by atoms with Crippen molar-refractivity contribution in [2.45, 2.75) is 25.7 Å². The number of amidine groups is 2. The van der Waals surface area contributed by atoms with Crippen molar-refractivity contribution in [3.8, 4) is 11.1 Å². The second-order valence-electron chi connectivity index (χ2n) is 15.2. The molecule has 7 aromatic carbocycles. The maximum absolute atomic E-state index is 7.08. The standard InChI is InChI=1S/C54H39N3O2/c1-3-5-16-40-37-19-8-13-24-45(37)54(43-22-11-6-17-35(43)36-18-7-12-23-44(36)54)51(40)46(4-2)56-53(34-28-30-50-42(32-34)39-21-10-15-26-48(39)59-50)57-52(55)33-27-29-49-41(31-33)38-20-9-14-25-47(38)58-49/h3,5-32H,4H2,1-2H3,(H2,55,56,57)/b5-3-,40-16-,51-46-. The van der Waals surface area contributed by atoms with Crippen LogP contribution in [-0.4, -0.2) is 11.7 Å². The van der Waals surface area contributed by atoms with Crippen LogP contribution in [0.5, 0.6) is 0 Å². The third kappa shape index (κ3) is 5.18. The summed E-state index contributed by atoms with van der Waals surface area (Å²) < 4.78 is 12.4. The first kappa shape index (κ1) is 34.7. The van der Waals surface area contributed by atoms with Gasteiger partial charge < -0.3 is 14.6 Å². The lowest BCUT2D eigenvalue weighted by molar-refractivity contribution is 0.668. The van der Waals surface area contributed by atoms with Gasteiger partial charge in [0.15, 0.2) is 5.84 Å². The molecule has 0 saturated carbocycles. The van der Waals surface area contributed by atoms with Crippen LogP contribution in [0.4, 0.5) is 0 Å². The monoisotopic (exact) mass is 761 g/mol. The van der Waals surface area contributed by atoms with E-state index in [1.165, 1.54) is 33.4 Å². The predicted molar refractivity (Wildman–Crippen MR) is 243 cm³/mol. The van der Waals surface area contributed by atoms with Crippen molar-refractivity contribution in [1.29, 1.82) is 0 Å². The third-order valence-corrected chi connectivity index (χ3v) is 12.1. The molecule has 1 spiro atoms. The van der Waals surface area contributed by atoms with E-state index in [4.69, 9.17) is 24.6 Å². The molecule has 2 aliphatic rings. The fourth-order valence-corrected chi connectivity index (χ4v) is 9.57. The zero-order valence-corrected chi connectivity index (χ0v) is 32.7. The first-order valence-corrected chi connectivity index (χ1v) is 20.2. The zero-order chi connectivity index (χ0) is 39.7. The summed E-state index contributed by atoms with van der Waals surface area (Å²) in [4.78, 5) is 11.0. The Kier molecular flexibility index (Phi) is 7.99. The molecule has 0 saturated heterocycles. The Bertz CT molecular complexity index is 3300. The Morgan fingerprint density at radius 2 is 1.05 bits per heavy atom. The SMILES string of the molecule is C\C=C/C=C1\C(=C(CC)\N=C(/N=C(\N)c2ccc3oc4ccccc4c3c2)c2ccc3oc4ccccc4c3c2)C2(c3ccccc31)c1ccccc1-c1ccccc12. The molecule has 282 valence electrons. The van der Waals surface area contributed by atoms with Gasteiger partial charge in [0.05, 0.1) is 5.41 Å². The summed E-state index contributed by atoms with van der Waals surface area (Å²) in [5.74, 6) is 0.881. The normalized spacial score (nSPS) is 16.3. The van der Waals surface area contributed by atoms with Gasteiger partial charge >= 0.3 is 0 Å². The van der Waals surface area contributed by atoms with Crippen LogP contribution in [-0.2, 0) is 5.41 Å². The molecule has 0 radical (unpaired) electrons. The van der Waals surface area contributed by atoms with E-state index in [1.807, 2.05) is 60.7 Å². The van der Waals surface area contributed by atoms with Crippen LogP contribution < -0.4 is 5.73 Å². The maximum Gasteiger partial charge on any atom is 0.161 e. The van der Waals surface area contributed by atoms with Crippen LogP contribution in [0.15, 0.2) is 206 Å². The number of fused-ring (bicyclic) bond motifs is 13. The summed E-state index contributed by atoms with van der Waals surface area (Å²) in [7, 11) is 0. The molecule has 2 aliphatic carbocycles. The minimum atomic E-state index is -0.607. The number of benzene rings is 7. The van der Waals surface area contributed by atoms with Gasteiger partial charge in [-0.1, -0.05) is 134 Å². The van der Waals surface area contributed by atoms with Gasteiger partial charge in [-0.15, -0.1) is 0 Å². The van der Waals surface area contributed by atoms with Gasteiger partial charge in [-0.25, -0.2) is 9.98 Å². The van der Waals surface area contributed by atoms with E-state index >= 15 is 0 Å². The van der Waals surface area contributed by atoms with Crippen LogP contribution in [0.1, 0.15) is 53.6 Å². The minimum absolute atomic E-state index is 0.360. The van der Waals surface area contributed by atoms with Gasteiger partial charge in [-0.05, 0) is 101 Å². The summed E-state index contributed by atoms with van der Waals surface area (Å²) in [6.45, 7) is 4.25. The van der Waals surface area contributed by atoms with Crippen molar-refractivity contribution < 1.29 is 8.83 Å². The predicted octanol–water partition coefficient (Wildman–Crippen LogP) is 13.3. The number of aliphatic imine (C=N–C) groups is 2. The average Bonchev–Trinajstić information content (AvgIpc) is 4.01. The van der Waals surface area contributed by atoms with Crippen LogP contribution in [0.25, 0.3) is 60.6 Å². The lowest BCUT2D eigenvalue weighted by atomic mass is 9.69. The van der Waals surface area contributed by atoms with Gasteiger partial charge in [-0.3, -0.25) is 0 Å². The number of rotatable bonds is 5. The summed E-state index contributed by atoms with van der Waals surface area (Å²) in [5, 5.41) is 4.05. The second-order valence-corrected chi connectivity index (χ2v) is 15.2. The molecule has 59 heavy (non-hydrogen) atoms. The van der Waals surface area contributed by atoms with Crippen LogP contribution in [0.3, 0.4) is 0 Å². The first-order chi connectivity index (χ1) is 29.1. The molecular weight excluding hydrogens is 723 g/mol. The lowest BCUT2D eigenvalue weighted by Crippen LogP contribution is -2.27. The summed E-state index contributed by atoms with van der Waals surface area (Å²) in [6.07, 6.45) is 7.12. The van der Waals surface area contributed by atoms with E-state index in [9.17, 15) is 0 Å². The van der Waals surface area contributed by atoms with Crippen molar-refractivity contribution in [2.75, 3.05) is 0 Å². The second kappa shape index (κ2) is 13.6. The highest BCUT2D eigenvalue weighted by Gasteiger charge is 2.54. The Morgan fingerprint density at radius 3 is 1.64 bits per heavy atom. The van der Waals surface area contributed by atoms with Crippen molar-refractivity contribution in [2.24, 2.45) is 15.7 Å². The third-order valence-electron chi connectivity index (χ3n) is 12.1. The highest BCUT2D eigenvalue weighted by molar-refractivity contribution is 6.16.